The molecule has 2 rings (SSSR count). The Morgan fingerprint density at radius 1 is 1.53 bits per heavy atom. The van der Waals surface area contributed by atoms with E-state index in [0.717, 1.165) is 36.2 Å². The van der Waals surface area contributed by atoms with Gasteiger partial charge in [-0.1, -0.05) is 6.92 Å². The lowest BCUT2D eigenvalue weighted by Crippen LogP contribution is -2.16. The van der Waals surface area contributed by atoms with Crippen LogP contribution < -0.4 is 5.32 Å². The molecule has 1 N–H and O–H groups in total. The molecule has 0 radical (unpaired) electrons. The van der Waals surface area contributed by atoms with Crippen molar-refractivity contribution in [3.05, 3.63) is 39.0 Å². The van der Waals surface area contributed by atoms with Crippen LogP contribution in [0.3, 0.4) is 0 Å². The fourth-order valence-corrected chi connectivity index (χ4v) is 3.09. The van der Waals surface area contributed by atoms with Crippen molar-refractivity contribution in [2.75, 3.05) is 13.1 Å². The maximum Gasteiger partial charge on any atom is 0.0952 e. The Balaban J connectivity index is 1.89. The minimum atomic E-state index is 0.907. The van der Waals surface area contributed by atoms with Gasteiger partial charge in [0.1, 0.15) is 0 Å². The topological polar surface area (TPSA) is 29.9 Å². The van der Waals surface area contributed by atoms with Crippen molar-refractivity contribution in [2.45, 2.75) is 19.9 Å². The first-order chi connectivity index (χ1) is 8.28. The summed E-state index contributed by atoms with van der Waals surface area (Å²) < 4.78 is 3.30. The Hall–Kier alpha value is -0.650. The van der Waals surface area contributed by atoms with Crippen LogP contribution in [0.25, 0.3) is 0 Å². The highest BCUT2D eigenvalue weighted by atomic mass is 79.9. The summed E-state index contributed by atoms with van der Waals surface area (Å²) in [6.07, 6.45) is 5.04. The zero-order valence-electron chi connectivity index (χ0n) is 9.82. The van der Waals surface area contributed by atoms with Crippen LogP contribution in [0.15, 0.2) is 28.4 Å². The second-order valence-electron chi connectivity index (χ2n) is 3.87. The summed E-state index contributed by atoms with van der Waals surface area (Å²) in [5.41, 5.74) is 1.15. The summed E-state index contributed by atoms with van der Waals surface area (Å²) in [6.45, 7) is 5.04. The predicted molar refractivity (Wildman–Crippen MR) is 75.6 cm³/mol. The first-order valence-corrected chi connectivity index (χ1v) is 7.39. The van der Waals surface area contributed by atoms with Crippen molar-refractivity contribution in [2.24, 2.45) is 0 Å². The third kappa shape index (κ3) is 3.94. The lowest BCUT2D eigenvalue weighted by atomic mass is 10.3. The zero-order chi connectivity index (χ0) is 12.1. The van der Waals surface area contributed by atoms with Gasteiger partial charge in [0.2, 0.25) is 0 Å². The van der Waals surface area contributed by atoms with Gasteiger partial charge in [0, 0.05) is 33.9 Å². The number of hydrogen-bond acceptors (Lipinski definition) is 3. The number of rotatable bonds is 6. The van der Waals surface area contributed by atoms with E-state index in [9.17, 15) is 0 Å². The molecule has 0 unspecified atom stereocenters. The number of imidazole rings is 1. The lowest BCUT2D eigenvalue weighted by Gasteiger charge is -1.99. The van der Waals surface area contributed by atoms with Gasteiger partial charge in [-0.25, -0.2) is 4.98 Å². The van der Waals surface area contributed by atoms with Crippen LogP contribution in [0.4, 0.5) is 0 Å². The van der Waals surface area contributed by atoms with Gasteiger partial charge in [0.05, 0.1) is 18.6 Å². The van der Waals surface area contributed by atoms with Crippen LogP contribution in [-0.2, 0) is 13.0 Å². The van der Waals surface area contributed by atoms with Crippen molar-refractivity contribution >= 4 is 27.3 Å². The maximum atomic E-state index is 4.41. The smallest absolute Gasteiger partial charge is 0.0952 e. The van der Waals surface area contributed by atoms with Crippen LogP contribution >= 0.6 is 27.3 Å². The van der Waals surface area contributed by atoms with Crippen molar-refractivity contribution in [1.82, 2.24) is 14.9 Å². The minimum absolute atomic E-state index is 0.907. The quantitative estimate of drug-likeness (QED) is 0.831. The van der Waals surface area contributed by atoms with Crippen molar-refractivity contribution in [3.8, 4) is 0 Å². The first kappa shape index (κ1) is 12.8. The fraction of sp³-hybridized carbons (Fsp3) is 0.417. The molecular weight excluding hydrogens is 298 g/mol. The number of thiophene rings is 1. The molecule has 0 aromatic carbocycles. The molecule has 5 heteroatoms. The molecule has 0 spiro atoms. The number of aromatic nitrogens is 2. The van der Waals surface area contributed by atoms with Gasteiger partial charge < -0.3 is 9.88 Å². The molecule has 0 fully saturated rings. The van der Waals surface area contributed by atoms with Crippen molar-refractivity contribution < 1.29 is 0 Å². The number of nitrogens with zero attached hydrogens (tertiary/aromatic N) is 2. The van der Waals surface area contributed by atoms with E-state index >= 15 is 0 Å². The number of likely N-dealkylation sites (N-methyl/N-ethyl adjacent to an activating group) is 1. The summed E-state index contributed by atoms with van der Waals surface area (Å²) >= 11 is 5.24. The number of halogens is 1. The highest BCUT2D eigenvalue weighted by Gasteiger charge is 2.01. The molecule has 0 saturated carbocycles. The molecule has 0 bridgehead atoms. The number of hydrogen-bond donors (Lipinski definition) is 1. The maximum absolute atomic E-state index is 4.41. The van der Waals surface area contributed by atoms with Gasteiger partial charge >= 0.3 is 0 Å². The normalized spacial score (nSPS) is 10.9. The van der Waals surface area contributed by atoms with Crippen LogP contribution in [-0.4, -0.2) is 22.6 Å². The highest BCUT2D eigenvalue weighted by Crippen LogP contribution is 2.20. The molecule has 0 aliphatic heterocycles. The molecule has 0 aliphatic carbocycles. The van der Waals surface area contributed by atoms with Gasteiger partial charge in [-0.05, 0) is 28.5 Å². The molecule has 2 aromatic heterocycles. The van der Waals surface area contributed by atoms with Gasteiger partial charge in [-0.15, -0.1) is 11.3 Å². The van der Waals surface area contributed by atoms with Crippen molar-refractivity contribution in [1.29, 1.82) is 0 Å². The second-order valence-corrected chi connectivity index (χ2v) is 5.78. The largest absolute Gasteiger partial charge is 0.332 e. The van der Waals surface area contributed by atoms with E-state index in [-0.39, 0.29) is 0 Å². The SMILES string of the molecule is CCNCCc1cn(Cc2cc(Br)cs2)cn1. The summed E-state index contributed by atoms with van der Waals surface area (Å²) in [5.74, 6) is 0. The minimum Gasteiger partial charge on any atom is -0.332 e. The third-order valence-corrected chi connectivity index (χ3v) is 4.14. The molecule has 0 aliphatic rings. The van der Waals surface area contributed by atoms with Crippen LogP contribution in [0.2, 0.25) is 0 Å². The number of nitrogens with one attached hydrogen (secondary N) is 1. The zero-order valence-corrected chi connectivity index (χ0v) is 12.2. The third-order valence-electron chi connectivity index (χ3n) is 2.45. The summed E-state index contributed by atoms with van der Waals surface area (Å²) in [5, 5.41) is 5.42. The van der Waals surface area contributed by atoms with E-state index < -0.39 is 0 Å². The van der Waals surface area contributed by atoms with E-state index in [4.69, 9.17) is 0 Å². The Bertz CT molecular complexity index is 464. The second kappa shape index (κ2) is 6.33. The highest BCUT2D eigenvalue weighted by molar-refractivity contribution is 9.10. The molecule has 3 nitrogen and oxygen atoms in total. The lowest BCUT2D eigenvalue weighted by molar-refractivity contribution is 0.709. The Kier molecular flexibility index (Phi) is 4.76. The molecule has 0 atom stereocenters. The summed E-state index contributed by atoms with van der Waals surface area (Å²) in [7, 11) is 0. The van der Waals surface area contributed by atoms with E-state index in [1.807, 2.05) is 6.33 Å². The van der Waals surface area contributed by atoms with E-state index in [0.29, 0.717) is 0 Å². The van der Waals surface area contributed by atoms with Crippen molar-refractivity contribution in [3.63, 3.8) is 0 Å². The van der Waals surface area contributed by atoms with Crippen LogP contribution in [0.5, 0.6) is 0 Å². The molecule has 92 valence electrons. The van der Waals surface area contributed by atoms with Gasteiger partial charge in [-0.3, -0.25) is 0 Å². The summed E-state index contributed by atoms with van der Waals surface area (Å²) in [6, 6.07) is 2.16. The standard InChI is InChI=1S/C12H16BrN3S/c1-2-14-4-3-11-6-16(9-15-11)7-12-5-10(13)8-17-12/h5-6,8-9,14H,2-4,7H2,1H3. The van der Waals surface area contributed by atoms with E-state index in [1.165, 1.54) is 4.88 Å². The van der Waals surface area contributed by atoms with Gasteiger partial charge in [-0.2, -0.15) is 0 Å². The molecule has 17 heavy (non-hydrogen) atoms. The van der Waals surface area contributed by atoms with Gasteiger partial charge in [0.15, 0.2) is 0 Å². The van der Waals surface area contributed by atoms with E-state index in [2.05, 4.69) is 55.4 Å². The van der Waals surface area contributed by atoms with Crippen LogP contribution in [0, 0.1) is 0 Å². The Morgan fingerprint density at radius 2 is 2.41 bits per heavy atom. The monoisotopic (exact) mass is 313 g/mol. The molecule has 2 heterocycles. The molecule has 0 amide bonds. The average Bonchev–Trinajstić information content (AvgIpc) is 2.90. The molecule has 2 aromatic rings. The molecular formula is C12H16BrN3S. The average molecular weight is 314 g/mol. The Labute approximate surface area is 114 Å². The Morgan fingerprint density at radius 3 is 3.12 bits per heavy atom. The first-order valence-electron chi connectivity index (χ1n) is 5.72. The fourth-order valence-electron chi connectivity index (χ4n) is 1.63. The summed E-state index contributed by atoms with van der Waals surface area (Å²) in [4.78, 5) is 5.75. The predicted octanol–water partition coefficient (Wildman–Crippen LogP) is 2.91. The molecule has 0 saturated heterocycles. The van der Waals surface area contributed by atoms with Gasteiger partial charge in [0.25, 0.3) is 0 Å². The van der Waals surface area contributed by atoms with E-state index in [1.54, 1.807) is 11.3 Å². The van der Waals surface area contributed by atoms with Crippen LogP contribution in [0.1, 0.15) is 17.5 Å².